The summed E-state index contributed by atoms with van der Waals surface area (Å²) < 4.78 is 0. The molecule has 2 bridgehead atoms. The van der Waals surface area contributed by atoms with Gasteiger partial charge in [0.05, 0.1) is 16.8 Å². The van der Waals surface area contributed by atoms with Gasteiger partial charge in [0, 0.05) is 17.8 Å². The zero-order valence-electron chi connectivity index (χ0n) is 11.5. The van der Waals surface area contributed by atoms with Crippen LogP contribution in [0.4, 0.5) is 11.4 Å². The third-order valence-corrected chi connectivity index (χ3v) is 4.37. The normalized spacial score (nSPS) is 28.5. The first-order valence-corrected chi connectivity index (χ1v) is 6.94. The van der Waals surface area contributed by atoms with Crippen molar-refractivity contribution in [1.29, 1.82) is 0 Å². The van der Waals surface area contributed by atoms with E-state index in [1.54, 1.807) is 6.07 Å². The predicted molar refractivity (Wildman–Crippen MR) is 77.1 cm³/mol. The van der Waals surface area contributed by atoms with Crippen molar-refractivity contribution in [3.63, 3.8) is 0 Å². The van der Waals surface area contributed by atoms with Gasteiger partial charge in [0.1, 0.15) is 0 Å². The Morgan fingerprint density at radius 1 is 1.23 bits per heavy atom. The molecule has 4 atom stereocenters. The molecule has 0 unspecified atom stereocenters. The third kappa shape index (κ3) is 2.34. The van der Waals surface area contributed by atoms with Gasteiger partial charge in [-0.2, -0.15) is 0 Å². The van der Waals surface area contributed by atoms with Crippen molar-refractivity contribution in [2.24, 2.45) is 23.7 Å². The standard InChI is InChI=1S/C15H14N2O5/c18-14(16-10-2-1-3-11(7-10)17(21)22)12-8-4-5-9(6-8)13(12)15(19)20/h1-5,7-9,12-13H,6H2,(H,16,18)(H,19,20)/t8-,9+,12-,13+/m1/s1. The molecular weight excluding hydrogens is 288 g/mol. The van der Waals surface area contributed by atoms with Crippen LogP contribution < -0.4 is 5.32 Å². The number of nitrogens with one attached hydrogen (secondary N) is 1. The maximum Gasteiger partial charge on any atom is 0.307 e. The van der Waals surface area contributed by atoms with E-state index in [-0.39, 0.29) is 17.5 Å². The van der Waals surface area contributed by atoms with Crippen molar-refractivity contribution >= 4 is 23.3 Å². The van der Waals surface area contributed by atoms with Crippen LogP contribution in [0.25, 0.3) is 0 Å². The fourth-order valence-corrected chi connectivity index (χ4v) is 3.44. The van der Waals surface area contributed by atoms with E-state index in [1.165, 1.54) is 18.2 Å². The lowest BCUT2D eigenvalue weighted by molar-refractivity contribution is -0.384. The maximum absolute atomic E-state index is 12.4. The van der Waals surface area contributed by atoms with Crippen molar-refractivity contribution in [2.45, 2.75) is 6.42 Å². The van der Waals surface area contributed by atoms with E-state index in [0.29, 0.717) is 12.1 Å². The van der Waals surface area contributed by atoms with Crippen LogP contribution in [0.3, 0.4) is 0 Å². The topological polar surface area (TPSA) is 110 Å². The molecular formula is C15H14N2O5. The van der Waals surface area contributed by atoms with E-state index in [1.807, 2.05) is 12.2 Å². The smallest absolute Gasteiger partial charge is 0.307 e. The minimum Gasteiger partial charge on any atom is -0.481 e. The second-order valence-corrected chi connectivity index (χ2v) is 5.63. The molecule has 0 spiro atoms. The highest BCUT2D eigenvalue weighted by Gasteiger charge is 2.51. The lowest BCUT2D eigenvalue weighted by Gasteiger charge is -2.23. The van der Waals surface area contributed by atoms with E-state index < -0.39 is 28.6 Å². The number of carboxylic acid groups (broad SMARTS) is 1. The zero-order chi connectivity index (χ0) is 15.9. The van der Waals surface area contributed by atoms with Crippen molar-refractivity contribution in [3.05, 3.63) is 46.5 Å². The Labute approximate surface area is 125 Å². The summed E-state index contributed by atoms with van der Waals surface area (Å²) in [7, 11) is 0. The predicted octanol–water partition coefficient (Wildman–Crippen LogP) is 2.06. The Hall–Kier alpha value is -2.70. The number of fused-ring (bicyclic) bond motifs is 2. The number of aliphatic carboxylic acids is 1. The number of amides is 1. The number of allylic oxidation sites excluding steroid dienone is 2. The second-order valence-electron chi connectivity index (χ2n) is 5.63. The summed E-state index contributed by atoms with van der Waals surface area (Å²) >= 11 is 0. The number of non-ortho nitro benzene ring substituents is 1. The van der Waals surface area contributed by atoms with Crippen molar-refractivity contribution in [3.8, 4) is 0 Å². The molecule has 0 aromatic heterocycles. The quantitative estimate of drug-likeness (QED) is 0.502. The Kier molecular flexibility index (Phi) is 3.40. The van der Waals surface area contributed by atoms with Crippen LogP contribution in [0, 0.1) is 33.8 Å². The van der Waals surface area contributed by atoms with E-state index >= 15 is 0 Å². The van der Waals surface area contributed by atoms with Gasteiger partial charge in [-0.25, -0.2) is 0 Å². The van der Waals surface area contributed by atoms with Crippen LogP contribution in [0.15, 0.2) is 36.4 Å². The van der Waals surface area contributed by atoms with Gasteiger partial charge in [-0.3, -0.25) is 19.7 Å². The van der Waals surface area contributed by atoms with Gasteiger partial charge in [-0.15, -0.1) is 0 Å². The Bertz CT molecular complexity index is 684. The molecule has 1 aromatic carbocycles. The molecule has 114 valence electrons. The Morgan fingerprint density at radius 2 is 1.91 bits per heavy atom. The maximum atomic E-state index is 12.4. The molecule has 0 radical (unpaired) electrons. The molecule has 3 rings (SSSR count). The molecule has 0 saturated heterocycles. The molecule has 1 aromatic rings. The average Bonchev–Trinajstić information content (AvgIpc) is 3.07. The molecule has 2 aliphatic rings. The molecule has 0 heterocycles. The molecule has 7 nitrogen and oxygen atoms in total. The highest BCUT2D eigenvalue weighted by atomic mass is 16.6. The highest BCUT2D eigenvalue weighted by molar-refractivity contribution is 5.96. The summed E-state index contributed by atoms with van der Waals surface area (Å²) in [5.74, 6) is -2.92. The number of anilines is 1. The van der Waals surface area contributed by atoms with Gasteiger partial charge in [0.2, 0.25) is 5.91 Å². The number of rotatable bonds is 4. The number of nitrogens with zero attached hydrogens (tertiary/aromatic N) is 1. The Balaban J connectivity index is 1.80. The highest BCUT2D eigenvalue weighted by Crippen LogP contribution is 2.48. The van der Waals surface area contributed by atoms with E-state index in [9.17, 15) is 24.8 Å². The molecule has 0 aliphatic heterocycles. The van der Waals surface area contributed by atoms with Crippen molar-refractivity contribution in [2.75, 3.05) is 5.32 Å². The van der Waals surface area contributed by atoms with E-state index in [0.717, 1.165) is 0 Å². The number of nitro groups is 1. The first-order chi connectivity index (χ1) is 10.5. The summed E-state index contributed by atoms with van der Waals surface area (Å²) in [5, 5.41) is 22.7. The van der Waals surface area contributed by atoms with Crippen molar-refractivity contribution < 1.29 is 19.6 Å². The number of carbonyl (C=O) groups is 2. The van der Waals surface area contributed by atoms with Crippen LogP contribution in [-0.4, -0.2) is 21.9 Å². The summed E-state index contributed by atoms with van der Waals surface area (Å²) in [6, 6.07) is 5.61. The molecule has 2 N–H and O–H groups in total. The van der Waals surface area contributed by atoms with Crippen LogP contribution >= 0.6 is 0 Å². The van der Waals surface area contributed by atoms with E-state index in [2.05, 4.69) is 5.32 Å². The summed E-state index contributed by atoms with van der Waals surface area (Å²) in [6.45, 7) is 0. The van der Waals surface area contributed by atoms with Gasteiger partial charge in [0.15, 0.2) is 0 Å². The Morgan fingerprint density at radius 3 is 2.55 bits per heavy atom. The lowest BCUT2D eigenvalue weighted by atomic mass is 9.82. The molecule has 1 fully saturated rings. The monoisotopic (exact) mass is 302 g/mol. The van der Waals surface area contributed by atoms with E-state index in [4.69, 9.17) is 0 Å². The number of nitro benzene ring substituents is 1. The molecule has 1 saturated carbocycles. The SMILES string of the molecule is O=C(O)[C@@H]1[C@H](C(=O)Nc2cccc([N+](=O)[O-])c2)[C@@H]2C=C[C@H]1C2. The van der Waals surface area contributed by atoms with Gasteiger partial charge < -0.3 is 10.4 Å². The number of hydrogen-bond acceptors (Lipinski definition) is 4. The first-order valence-electron chi connectivity index (χ1n) is 6.94. The van der Waals surface area contributed by atoms with Gasteiger partial charge in [0.25, 0.3) is 5.69 Å². The van der Waals surface area contributed by atoms with Crippen LogP contribution in [0.2, 0.25) is 0 Å². The number of benzene rings is 1. The van der Waals surface area contributed by atoms with Gasteiger partial charge in [-0.1, -0.05) is 18.2 Å². The van der Waals surface area contributed by atoms with Gasteiger partial charge in [-0.05, 0) is 24.3 Å². The van der Waals surface area contributed by atoms with Crippen molar-refractivity contribution in [1.82, 2.24) is 0 Å². The fourth-order valence-electron chi connectivity index (χ4n) is 3.44. The number of hydrogen-bond donors (Lipinski definition) is 2. The molecule has 7 heteroatoms. The zero-order valence-corrected chi connectivity index (χ0v) is 11.5. The molecule has 1 amide bonds. The fraction of sp³-hybridized carbons (Fsp3) is 0.333. The summed E-state index contributed by atoms with van der Waals surface area (Å²) in [6.07, 6.45) is 4.42. The lowest BCUT2D eigenvalue weighted by Crippen LogP contribution is -2.36. The number of carbonyl (C=O) groups excluding carboxylic acids is 1. The number of carboxylic acids is 1. The minimum absolute atomic E-state index is 0.0789. The third-order valence-electron chi connectivity index (χ3n) is 4.37. The summed E-state index contributed by atoms with van der Waals surface area (Å²) in [5.41, 5.74) is 0.176. The summed E-state index contributed by atoms with van der Waals surface area (Å²) in [4.78, 5) is 34.0. The van der Waals surface area contributed by atoms with Crippen LogP contribution in [0.1, 0.15) is 6.42 Å². The molecule has 22 heavy (non-hydrogen) atoms. The average molecular weight is 302 g/mol. The first kappa shape index (κ1) is 14.2. The second kappa shape index (κ2) is 5.25. The van der Waals surface area contributed by atoms with Crippen LogP contribution in [0.5, 0.6) is 0 Å². The van der Waals surface area contributed by atoms with Gasteiger partial charge >= 0.3 is 5.97 Å². The minimum atomic E-state index is -0.976. The van der Waals surface area contributed by atoms with Crippen LogP contribution in [-0.2, 0) is 9.59 Å². The largest absolute Gasteiger partial charge is 0.481 e. The molecule has 2 aliphatic carbocycles.